The van der Waals surface area contributed by atoms with Crippen LogP contribution in [-0.4, -0.2) is 66.5 Å². The van der Waals surface area contributed by atoms with Crippen molar-refractivity contribution in [3.8, 4) is 0 Å². The van der Waals surface area contributed by atoms with E-state index >= 15 is 0 Å². The number of allylic oxidation sites excluding steroid dienone is 6. The molecule has 0 radical (unpaired) electrons. The maximum absolute atomic E-state index is 13.0. The molecule has 0 aromatic rings. The van der Waals surface area contributed by atoms with Crippen molar-refractivity contribution in [2.75, 3.05) is 26.4 Å². The molecule has 0 saturated carbocycles. The highest BCUT2D eigenvalue weighted by molar-refractivity contribution is 7.47. The Balaban J connectivity index is 4.65. The van der Waals surface area contributed by atoms with Crippen molar-refractivity contribution in [1.82, 2.24) is 0 Å². The fourth-order valence-electron chi connectivity index (χ4n) is 9.86. The molecule has 12 heteroatoms. The zero-order valence-electron chi connectivity index (χ0n) is 52.3. The Bertz CT molecular complexity index is 1480. The van der Waals surface area contributed by atoms with Crippen molar-refractivity contribution < 1.29 is 52.2 Å². The number of aliphatic hydroxyl groups excluding tert-OH is 1. The molecule has 0 aliphatic rings. The molecule has 0 heterocycles. The van der Waals surface area contributed by atoms with Crippen LogP contribution in [0.25, 0.3) is 0 Å². The Morgan fingerprint density at radius 3 is 0.963 bits per heavy atom. The number of aliphatic hydroxyl groups is 1. The molecule has 0 saturated heterocycles. The Labute approximate surface area is 492 Å². The molecular weight excluding hydrogens is 1020 g/mol. The molecule has 3 atom stereocenters. The molecule has 80 heavy (non-hydrogen) atoms. The molecule has 2 N–H and O–H groups in total. The van der Waals surface area contributed by atoms with Gasteiger partial charge in [-0.15, -0.1) is 0 Å². The van der Waals surface area contributed by atoms with Crippen molar-refractivity contribution in [2.24, 2.45) is 0 Å². The van der Waals surface area contributed by atoms with Gasteiger partial charge in [0.1, 0.15) is 12.7 Å². The number of unbranched alkanes of at least 4 members (excludes halogenated alkanes) is 41. The third kappa shape index (κ3) is 60.3. The Morgan fingerprint density at radius 2 is 0.613 bits per heavy atom. The Hall–Kier alpha value is -2.30. The highest BCUT2D eigenvalue weighted by atomic mass is 31.2. The topological polar surface area (TPSA) is 155 Å². The van der Waals surface area contributed by atoms with Gasteiger partial charge in [0.05, 0.1) is 19.8 Å². The number of ether oxygens (including phenoxy) is 3. The minimum absolute atomic E-state index is 0.162. The lowest BCUT2D eigenvalue weighted by atomic mass is 10.0. The summed E-state index contributed by atoms with van der Waals surface area (Å²) in [5.41, 5.74) is 0. The van der Waals surface area contributed by atoms with Gasteiger partial charge in [0.2, 0.25) is 0 Å². The average Bonchev–Trinajstić information content (AvgIpc) is 3.45. The van der Waals surface area contributed by atoms with Crippen LogP contribution in [0, 0.1) is 0 Å². The summed E-state index contributed by atoms with van der Waals surface area (Å²) >= 11 is 0. The second kappa shape index (κ2) is 62.7. The molecule has 3 unspecified atom stereocenters. The number of carbonyl (C=O) groups is 3. The van der Waals surface area contributed by atoms with Crippen LogP contribution in [-0.2, 0) is 42.2 Å². The van der Waals surface area contributed by atoms with Crippen molar-refractivity contribution in [3.05, 3.63) is 36.5 Å². The lowest BCUT2D eigenvalue weighted by Gasteiger charge is -2.21. The van der Waals surface area contributed by atoms with Gasteiger partial charge in [-0.05, 0) is 77.0 Å². The predicted molar refractivity (Wildman–Crippen MR) is 335 cm³/mol. The van der Waals surface area contributed by atoms with Gasteiger partial charge < -0.3 is 24.2 Å². The molecule has 0 amide bonds. The minimum Gasteiger partial charge on any atom is -0.462 e. The van der Waals surface area contributed by atoms with E-state index in [9.17, 15) is 28.9 Å². The first-order valence-corrected chi connectivity index (χ1v) is 35.4. The SMILES string of the molecule is CCCCC/C=C\C/C=C\CCCCCCCCCC(=O)OC(COC(=O)CCCCCCCCCCC/C=C\CCCCCCCC)COP(=O)(O)OCC(CO)OC(=O)CCCCCCCCCCCCCCCCCCC. The van der Waals surface area contributed by atoms with Crippen LogP contribution in [0.2, 0.25) is 0 Å². The predicted octanol–water partition coefficient (Wildman–Crippen LogP) is 20.7. The normalized spacial score (nSPS) is 13.4. The van der Waals surface area contributed by atoms with Gasteiger partial charge >= 0.3 is 25.7 Å². The molecule has 0 bridgehead atoms. The molecule has 0 aromatic carbocycles. The van der Waals surface area contributed by atoms with Crippen molar-refractivity contribution in [1.29, 1.82) is 0 Å². The molecule has 11 nitrogen and oxygen atoms in total. The van der Waals surface area contributed by atoms with E-state index < -0.39 is 57.8 Å². The molecule has 0 aliphatic carbocycles. The van der Waals surface area contributed by atoms with E-state index in [1.165, 1.54) is 205 Å². The third-order valence-corrected chi connectivity index (χ3v) is 16.0. The van der Waals surface area contributed by atoms with Gasteiger partial charge in [-0.1, -0.05) is 282 Å². The monoisotopic (exact) mass is 1150 g/mol. The van der Waals surface area contributed by atoms with Gasteiger partial charge in [0.15, 0.2) is 6.10 Å². The highest BCUT2D eigenvalue weighted by Gasteiger charge is 2.28. The second-order valence-corrected chi connectivity index (χ2v) is 24.4. The number of hydrogen-bond acceptors (Lipinski definition) is 10. The van der Waals surface area contributed by atoms with Crippen LogP contribution in [0.4, 0.5) is 0 Å². The summed E-state index contributed by atoms with van der Waals surface area (Å²) in [5.74, 6) is -1.45. The fourth-order valence-corrected chi connectivity index (χ4v) is 10.6. The number of rotatable bonds is 64. The summed E-state index contributed by atoms with van der Waals surface area (Å²) in [4.78, 5) is 48.8. The van der Waals surface area contributed by atoms with E-state index in [0.29, 0.717) is 19.3 Å². The molecule has 470 valence electrons. The number of carbonyl (C=O) groups excluding carboxylic acids is 3. The summed E-state index contributed by atoms with van der Waals surface area (Å²) < 4.78 is 39.8. The van der Waals surface area contributed by atoms with E-state index in [1.807, 2.05) is 0 Å². The molecule has 0 aliphatic heterocycles. The van der Waals surface area contributed by atoms with Crippen molar-refractivity contribution in [2.45, 2.75) is 354 Å². The molecule has 0 fully saturated rings. The van der Waals surface area contributed by atoms with Crippen LogP contribution in [0.15, 0.2) is 36.5 Å². The van der Waals surface area contributed by atoms with Gasteiger partial charge in [0, 0.05) is 19.3 Å². The fraction of sp³-hybridized carbons (Fsp3) is 0.868. The second-order valence-electron chi connectivity index (χ2n) is 23.0. The summed E-state index contributed by atoms with van der Waals surface area (Å²) in [7, 11) is -4.75. The van der Waals surface area contributed by atoms with E-state index in [-0.39, 0.29) is 25.9 Å². The van der Waals surface area contributed by atoms with Gasteiger partial charge in [-0.3, -0.25) is 23.4 Å². The average molecular weight is 1150 g/mol. The third-order valence-electron chi connectivity index (χ3n) is 15.0. The maximum atomic E-state index is 13.0. The molecule has 0 spiro atoms. The van der Waals surface area contributed by atoms with E-state index in [4.69, 9.17) is 23.3 Å². The number of phosphoric ester groups is 1. The first-order chi connectivity index (χ1) is 39.2. The van der Waals surface area contributed by atoms with Crippen LogP contribution < -0.4 is 0 Å². The first kappa shape index (κ1) is 77.7. The van der Waals surface area contributed by atoms with Crippen LogP contribution in [0.5, 0.6) is 0 Å². The van der Waals surface area contributed by atoms with E-state index in [2.05, 4.69) is 57.2 Å². The molecule has 0 aromatic heterocycles. The zero-order chi connectivity index (χ0) is 58.3. The van der Waals surface area contributed by atoms with Crippen LogP contribution in [0.1, 0.15) is 342 Å². The van der Waals surface area contributed by atoms with Gasteiger partial charge in [-0.25, -0.2) is 4.57 Å². The Kier molecular flexibility index (Phi) is 60.9. The van der Waals surface area contributed by atoms with Crippen LogP contribution >= 0.6 is 7.82 Å². The van der Waals surface area contributed by atoms with Crippen LogP contribution in [0.3, 0.4) is 0 Å². The van der Waals surface area contributed by atoms with Crippen molar-refractivity contribution >= 4 is 25.7 Å². The largest absolute Gasteiger partial charge is 0.472 e. The van der Waals surface area contributed by atoms with E-state index in [1.54, 1.807) is 0 Å². The number of esters is 3. The lowest BCUT2D eigenvalue weighted by molar-refractivity contribution is -0.161. The zero-order valence-corrected chi connectivity index (χ0v) is 53.2. The standard InChI is InChI=1S/C68H127O11P/c1-4-7-10-13-16-19-22-25-28-31-32-35-36-39-42-45-48-51-54-57-66(70)75-61-65(79-68(72)59-56-53-50-47-44-41-38-34-30-27-24-21-18-15-12-9-6-3)63-77-80(73,74)76-62-64(60-69)78-67(71)58-55-52-49-46-43-40-37-33-29-26-23-20-17-14-11-8-5-2/h18,21,25,27-28,30,64-65,69H,4-17,19-20,22-24,26,29,31-63H2,1-3H3,(H,73,74)/b21-18-,28-25-,30-27-. The quantitative estimate of drug-likeness (QED) is 0.0197. The summed E-state index contributed by atoms with van der Waals surface area (Å²) in [6, 6.07) is 0. The first-order valence-electron chi connectivity index (χ1n) is 33.9. The number of hydrogen-bond donors (Lipinski definition) is 2. The molecule has 0 rings (SSSR count). The maximum Gasteiger partial charge on any atom is 0.472 e. The van der Waals surface area contributed by atoms with Crippen molar-refractivity contribution in [3.63, 3.8) is 0 Å². The summed E-state index contributed by atoms with van der Waals surface area (Å²) in [5, 5.41) is 9.87. The highest BCUT2D eigenvalue weighted by Crippen LogP contribution is 2.43. The minimum atomic E-state index is -4.75. The molecular formula is C68H127O11P. The van der Waals surface area contributed by atoms with Gasteiger partial charge in [-0.2, -0.15) is 0 Å². The van der Waals surface area contributed by atoms with E-state index in [0.717, 1.165) is 77.0 Å². The Morgan fingerprint density at radius 1 is 0.350 bits per heavy atom. The lowest BCUT2D eigenvalue weighted by Crippen LogP contribution is -2.30. The smallest absolute Gasteiger partial charge is 0.462 e. The number of phosphoric acid groups is 1. The summed E-state index contributed by atoms with van der Waals surface area (Å²) in [6.07, 6.45) is 68.0. The van der Waals surface area contributed by atoms with Gasteiger partial charge in [0.25, 0.3) is 0 Å². The summed E-state index contributed by atoms with van der Waals surface area (Å²) in [6.45, 7) is 4.69.